The zero-order valence-electron chi connectivity index (χ0n) is 9.79. The van der Waals surface area contributed by atoms with E-state index in [1.165, 1.54) is 12.8 Å². The number of nitrogens with two attached hydrogens (primary N) is 1. The number of hydrogen-bond donors (Lipinski definition) is 1. The van der Waals surface area contributed by atoms with Gasteiger partial charge in [-0.25, -0.2) is 13.6 Å². The highest BCUT2D eigenvalue weighted by Gasteiger charge is 2.63. The maximum Gasteiger partial charge on any atom is 0.209 e. The first kappa shape index (κ1) is 11.4. The average Bonchev–Trinajstić information content (AvgIpc) is 2.34. The second-order valence-electron chi connectivity index (χ2n) is 6.06. The van der Waals surface area contributed by atoms with E-state index in [1.54, 1.807) is 0 Å². The van der Waals surface area contributed by atoms with E-state index in [9.17, 15) is 8.42 Å². The summed E-state index contributed by atoms with van der Waals surface area (Å²) in [5.74, 6) is 1.35. The van der Waals surface area contributed by atoms with Crippen molar-refractivity contribution >= 4 is 10.0 Å². The maximum absolute atomic E-state index is 11.4. The first-order chi connectivity index (χ1) is 6.69. The molecular weight excluding hydrogens is 210 g/mol. The molecule has 0 spiro atoms. The number of hydrogen-bond acceptors (Lipinski definition) is 2. The molecule has 2 N–H and O–H groups in total. The molecule has 0 aromatic heterocycles. The van der Waals surface area contributed by atoms with Crippen LogP contribution in [0, 0.1) is 22.7 Å². The van der Waals surface area contributed by atoms with Crippen molar-refractivity contribution < 1.29 is 8.42 Å². The molecule has 2 saturated carbocycles. The molecule has 15 heavy (non-hydrogen) atoms. The van der Waals surface area contributed by atoms with E-state index in [2.05, 4.69) is 20.8 Å². The summed E-state index contributed by atoms with van der Waals surface area (Å²) in [4.78, 5) is 0. The van der Waals surface area contributed by atoms with E-state index < -0.39 is 10.0 Å². The molecule has 2 rings (SSSR count). The topological polar surface area (TPSA) is 60.2 Å². The van der Waals surface area contributed by atoms with Gasteiger partial charge in [-0.1, -0.05) is 20.8 Å². The summed E-state index contributed by atoms with van der Waals surface area (Å²) in [5.41, 5.74) is 0.0735. The minimum Gasteiger partial charge on any atom is -0.229 e. The largest absolute Gasteiger partial charge is 0.229 e. The molecule has 2 aliphatic rings. The van der Waals surface area contributed by atoms with Crippen molar-refractivity contribution in [2.75, 3.05) is 5.75 Å². The summed E-state index contributed by atoms with van der Waals surface area (Å²) in [5, 5.41) is 5.25. The van der Waals surface area contributed by atoms with E-state index in [-0.39, 0.29) is 16.6 Å². The Balaban J connectivity index is 2.40. The molecule has 0 saturated heterocycles. The van der Waals surface area contributed by atoms with E-state index >= 15 is 0 Å². The fourth-order valence-electron chi connectivity index (χ4n) is 4.23. The highest BCUT2D eigenvalue weighted by atomic mass is 32.2. The molecule has 0 radical (unpaired) electrons. The Morgan fingerprint density at radius 3 is 2.33 bits per heavy atom. The third-order valence-corrected chi connectivity index (χ3v) is 6.20. The molecule has 3 unspecified atom stereocenters. The summed E-state index contributed by atoms with van der Waals surface area (Å²) < 4.78 is 22.8. The van der Waals surface area contributed by atoms with Crippen LogP contribution < -0.4 is 5.14 Å². The molecule has 0 amide bonds. The predicted molar refractivity (Wildman–Crippen MR) is 60.7 cm³/mol. The Hall–Kier alpha value is -0.0900. The fourth-order valence-corrected chi connectivity index (χ4v) is 5.75. The fraction of sp³-hybridized carbons (Fsp3) is 1.00. The predicted octanol–water partition coefficient (Wildman–Crippen LogP) is 1.74. The van der Waals surface area contributed by atoms with Gasteiger partial charge in [0, 0.05) is 0 Å². The van der Waals surface area contributed by atoms with Crippen molar-refractivity contribution in [1.82, 2.24) is 0 Å². The van der Waals surface area contributed by atoms with Crippen molar-refractivity contribution in [1.29, 1.82) is 0 Å². The van der Waals surface area contributed by atoms with Gasteiger partial charge in [0.15, 0.2) is 0 Å². The molecule has 2 fully saturated rings. The van der Waals surface area contributed by atoms with Crippen molar-refractivity contribution in [2.24, 2.45) is 27.8 Å². The number of sulfonamides is 1. The molecule has 0 aliphatic heterocycles. The minimum absolute atomic E-state index is 0.0642. The Morgan fingerprint density at radius 1 is 1.40 bits per heavy atom. The molecule has 0 heterocycles. The van der Waals surface area contributed by atoms with Gasteiger partial charge in [-0.15, -0.1) is 0 Å². The van der Waals surface area contributed by atoms with Crippen LogP contribution in [0.3, 0.4) is 0 Å². The van der Waals surface area contributed by atoms with Gasteiger partial charge >= 0.3 is 0 Å². The Labute approximate surface area is 92.5 Å². The molecule has 88 valence electrons. The van der Waals surface area contributed by atoms with Gasteiger partial charge in [0.05, 0.1) is 5.75 Å². The van der Waals surface area contributed by atoms with Crippen molar-refractivity contribution in [3.05, 3.63) is 0 Å². The van der Waals surface area contributed by atoms with Crippen LogP contribution >= 0.6 is 0 Å². The molecule has 0 aromatic rings. The number of rotatable bonds is 2. The van der Waals surface area contributed by atoms with Crippen LogP contribution in [0.15, 0.2) is 0 Å². The molecule has 3 atom stereocenters. The van der Waals surface area contributed by atoms with Crippen LogP contribution in [0.4, 0.5) is 0 Å². The summed E-state index contributed by atoms with van der Waals surface area (Å²) in [6.45, 7) is 6.63. The first-order valence-corrected chi connectivity index (χ1v) is 7.41. The van der Waals surface area contributed by atoms with Gasteiger partial charge in [-0.05, 0) is 41.9 Å². The van der Waals surface area contributed by atoms with E-state index in [0.717, 1.165) is 6.42 Å². The van der Waals surface area contributed by atoms with E-state index in [1.807, 2.05) is 0 Å². The van der Waals surface area contributed by atoms with Crippen LogP contribution in [-0.2, 0) is 10.0 Å². The van der Waals surface area contributed by atoms with Gasteiger partial charge in [0.1, 0.15) is 0 Å². The Kier molecular flexibility index (Phi) is 2.26. The van der Waals surface area contributed by atoms with Gasteiger partial charge in [-0.3, -0.25) is 0 Å². The average molecular weight is 231 g/mol. The smallest absolute Gasteiger partial charge is 0.209 e. The number of fused-ring (bicyclic) bond motifs is 2. The molecule has 4 heteroatoms. The van der Waals surface area contributed by atoms with Gasteiger partial charge in [0.25, 0.3) is 0 Å². The number of primary sulfonamides is 1. The quantitative estimate of drug-likeness (QED) is 0.787. The standard InChI is InChI=1S/C11H21NO2S/c1-8-6-9-4-5-11(8,10(9,2)3)7-15(12,13)14/h8-9H,4-7H2,1-3H3,(H2,12,13,14). The van der Waals surface area contributed by atoms with Gasteiger partial charge in [-0.2, -0.15) is 0 Å². The van der Waals surface area contributed by atoms with Crippen LogP contribution in [0.5, 0.6) is 0 Å². The van der Waals surface area contributed by atoms with Gasteiger partial charge < -0.3 is 0 Å². The third kappa shape index (κ3) is 1.45. The molecule has 2 bridgehead atoms. The van der Waals surface area contributed by atoms with Crippen LogP contribution in [0.25, 0.3) is 0 Å². The molecular formula is C11H21NO2S. The monoisotopic (exact) mass is 231 g/mol. The maximum atomic E-state index is 11.4. The zero-order chi connectivity index (χ0) is 11.5. The first-order valence-electron chi connectivity index (χ1n) is 5.69. The summed E-state index contributed by atoms with van der Waals surface area (Å²) >= 11 is 0. The lowest BCUT2D eigenvalue weighted by Gasteiger charge is -2.40. The van der Waals surface area contributed by atoms with Crippen molar-refractivity contribution in [3.63, 3.8) is 0 Å². The van der Waals surface area contributed by atoms with Crippen molar-refractivity contribution in [3.8, 4) is 0 Å². The van der Waals surface area contributed by atoms with Crippen LogP contribution in [-0.4, -0.2) is 14.2 Å². The summed E-state index contributed by atoms with van der Waals surface area (Å²) in [7, 11) is -3.36. The van der Waals surface area contributed by atoms with Gasteiger partial charge in [0.2, 0.25) is 10.0 Å². The lowest BCUT2D eigenvalue weighted by molar-refractivity contribution is 0.115. The van der Waals surface area contributed by atoms with Crippen LogP contribution in [0.2, 0.25) is 0 Å². The SMILES string of the molecule is CC1CC2CCC1(CS(N)(=O)=O)C2(C)C. The lowest BCUT2D eigenvalue weighted by Crippen LogP contribution is -2.42. The zero-order valence-corrected chi connectivity index (χ0v) is 10.6. The highest BCUT2D eigenvalue weighted by molar-refractivity contribution is 7.89. The molecule has 0 aromatic carbocycles. The third-order valence-electron chi connectivity index (χ3n) is 5.28. The van der Waals surface area contributed by atoms with Crippen molar-refractivity contribution in [2.45, 2.75) is 40.0 Å². The lowest BCUT2D eigenvalue weighted by atomic mass is 9.67. The molecule has 2 aliphatic carbocycles. The van der Waals surface area contributed by atoms with E-state index in [0.29, 0.717) is 11.8 Å². The van der Waals surface area contributed by atoms with E-state index in [4.69, 9.17) is 5.14 Å². The highest BCUT2D eigenvalue weighted by Crippen LogP contribution is 2.68. The second-order valence-corrected chi connectivity index (χ2v) is 7.67. The molecule has 3 nitrogen and oxygen atoms in total. The summed E-state index contributed by atoms with van der Waals surface area (Å²) in [6, 6.07) is 0. The minimum atomic E-state index is -3.36. The summed E-state index contributed by atoms with van der Waals surface area (Å²) in [6.07, 6.45) is 3.37. The Bertz CT molecular complexity index is 374. The van der Waals surface area contributed by atoms with Crippen LogP contribution in [0.1, 0.15) is 40.0 Å². The normalized spacial score (nSPS) is 43.5. The Morgan fingerprint density at radius 2 is 2.00 bits per heavy atom. The second kappa shape index (κ2) is 2.98.